The first-order valence-electron chi connectivity index (χ1n) is 5.82. The number of benzene rings is 1. The van der Waals surface area contributed by atoms with E-state index in [-0.39, 0.29) is 5.56 Å². The number of aromatic nitrogens is 1. The molecule has 100 valence electrons. The summed E-state index contributed by atoms with van der Waals surface area (Å²) in [6, 6.07) is 8.57. The quantitative estimate of drug-likeness (QED) is 0.768. The van der Waals surface area contributed by atoms with Gasteiger partial charge in [-0.05, 0) is 18.4 Å². The highest BCUT2D eigenvalue weighted by atomic mass is 32.1. The molecule has 1 unspecified atom stereocenters. The van der Waals surface area contributed by atoms with Gasteiger partial charge in [-0.3, -0.25) is 14.0 Å². The second kappa shape index (κ2) is 5.81. The van der Waals surface area contributed by atoms with Gasteiger partial charge >= 0.3 is 5.97 Å². The van der Waals surface area contributed by atoms with E-state index in [4.69, 9.17) is 10.8 Å². The topological polar surface area (TPSA) is 96.2 Å². The lowest BCUT2D eigenvalue weighted by Gasteiger charge is -2.06. The molecule has 1 heterocycles. The predicted molar refractivity (Wildman–Crippen MR) is 73.4 cm³/mol. The summed E-state index contributed by atoms with van der Waals surface area (Å²) >= 11 is 1.00. The molecule has 0 radical (unpaired) electrons. The molecule has 4 N–H and O–H groups in total. The molecule has 5 nitrogen and oxygen atoms in total. The van der Waals surface area contributed by atoms with E-state index < -0.39 is 12.0 Å². The van der Waals surface area contributed by atoms with Gasteiger partial charge in [-0.15, -0.1) is 0 Å². The number of aryl methyl sites for hydroxylation is 1. The molecule has 2 rings (SSSR count). The zero-order chi connectivity index (χ0) is 13.8. The predicted octanol–water partition coefficient (Wildman–Crippen LogP) is 1.31. The molecule has 1 aromatic carbocycles. The number of rotatable bonds is 5. The molecule has 0 fully saturated rings. The summed E-state index contributed by atoms with van der Waals surface area (Å²) in [7, 11) is 0. The van der Waals surface area contributed by atoms with Gasteiger partial charge in [0.05, 0.1) is 4.88 Å². The van der Waals surface area contributed by atoms with E-state index in [2.05, 4.69) is 4.37 Å². The average Bonchev–Trinajstić information content (AvgIpc) is 2.78. The molecule has 0 aliphatic carbocycles. The van der Waals surface area contributed by atoms with E-state index in [1.54, 1.807) is 0 Å². The summed E-state index contributed by atoms with van der Waals surface area (Å²) in [6.07, 6.45) is 1.17. The number of nitrogens with two attached hydrogens (primary N) is 1. The Balaban J connectivity index is 2.18. The number of aliphatic carboxylic acids is 1. The van der Waals surface area contributed by atoms with Crippen molar-refractivity contribution in [2.24, 2.45) is 5.73 Å². The van der Waals surface area contributed by atoms with Crippen molar-refractivity contribution < 1.29 is 9.90 Å². The Bertz CT molecular complexity index is 618. The number of H-pyrrole nitrogens is 1. The Hall–Kier alpha value is -1.92. The Kier molecular flexibility index (Phi) is 4.13. The molecule has 1 aromatic heterocycles. The Labute approximate surface area is 113 Å². The Morgan fingerprint density at radius 1 is 1.32 bits per heavy atom. The zero-order valence-electron chi connectivity index (χ0n) is 10.1. The van der Waals surface area contributed by atoms with Gasteiger partial charge in [0, 0.05) is 5.56 Å². The van der Waals surface area contributed by atoms with Crippen LogP contribution in [0, 0.1) is 0 Å². The maximum atomic E-state index is 11.7. The first-order chi connectivity index (χ1) is 9.09. The molecular weight excluding hydrogens is 264 g/mol. The van der Waals surface area contributed by atoms with Crippen molar-refractivity contribution in [1.29, 1.82) is 0 Å². The van der Waals surface area contributed by atoms with Crippen LogP contribution in [-0.2, 0) is 17.6 Å². The van der Waals surface area contributed by atoms with E-state index in [9.17, 15) is 9.59 Å². The third-order valence-corrected chi connectivity index (χ3v) is 3.89. The molecule has 19 heavy (non-hydrogen) atoms. The van der Waals surface area contributed by atoms with Gasteiger partial charge in [0.15, 0.2) is 0 Å². The molecule has 0 amide bonds. The summed E-state index contributed by atoms with van der Waals surface area (Å²) in [5, 5.41) is 8.92. The molecule has 6 heteroatoms. The number of hydrogen-bond donors (Lipinski definition) is 3. The molecular formula is C13H14N2O3S. The maximum Gasteiger partial charge on any atom is 0.326 e. The molecule has 2 aromatic rings. The zero-order valence-corrected chi connectivity index (χ0v) is 10.9. The number of hydrogen-bond acceptors (Lipinski definition) is 4. The number of carbonyl (C=O) groups is 1. The van der Waals surface area contributed by atoms with Crippen molar-refractivity contribution in [2.75, 3.05) is 0 Å². The first kappa shape index (κ1) is 13.5. The van der Waals surface area contributed by atoms with E-state index in [1.807, 2.05) is 30.3 Å². The lowest BCUT2D eigenvalue weighted by molar-refractivity contribution is -0.138. The SMILES string of the molecule is NC(C(=O)O)c1s[nH]c(=O)c1CCc1ccccc1. The number of aromatic amines is 1. The van der Waals surface area contributed by atoms with Gasteiger partial charge in [0.1, 0.15) is 6.04 Å². The normalized spacial score (nSPS) is 12.3. The second-order valence-electron chi connectivity index (χ2n) is 4.18. The fourth-order valence-corrected chi connectivity index (χ4v) is 2.72. The van der Waals surface area contributed by atoms with Crippen LogP contribution in [0.1, 0.15) is 22.0 Å². The largest absolute Gasteiger partial charge is 0.480 e. The van der Waals surface area contributed by atoms with Gasteiger partial charge in [0.2, 0.25) is 0 Å². The van der Waals surface area contributed by atoms with Gasteiger partial charge in [-0.25, -0.2) is 0 Å². The molecule has 0 saturated heterocycles. The second-order valence-corrected chi connectivity index (χ2v) is 5.03. The summed E-state index contributed by atoms with van der Waals surface area (Å²) < 4.78 is 2.55. The fourth-order valence-electron chi connectivity index (χ4n) is 1.85. The highest BCUT2D eigenvalue weighted by Gasteiger charge is 2.22. The molecule has 0 spiro atoms. The van der Waals surface area contributed by atoms with E-state index in [1.165, 1.54) is 0 Å². The highest BCUT2D eigenvalue weighted by molar-refractivity contribution is 7.06. The van der Waals surface area contributed by atoms with Crippen molar-refractivity contribution in [3.63, 3.8) is 0 Å². The van der Waals surface area contributed by atoms with Crippen LogP contribution in [0.4, 0.5) is 0 Å². The van der Waals surface area contributed by atoms with E-state index >= 15 is 0 Å². The van der Waals surface area contributed by atoms with Gasteiger partial charge < -0.3 is 10.8 Å². The Morgan fingerprint density at radius 3 is 2.63 bits per heavy atom. The molecule has 0 aliphatic rings. The number of carboxylic acid groups (broad SMARTS) is 1. The lowest BCUT2D eigenvalue weighted by Crippen LogP contribution is -2.22. The Morgan fingerprint density at radius 2 is 2.00 bits per heavy atom. The monoisotopic (exact) mass is 278 g/mol. The average molecular weight is 278 g/mol. The minimum atomic E-state index is -1.14. The van der Waals surface area contributed by atoms with Crippen LogP contribution in [0.25, 0.3) is 0 Å². The summed E-state index contributed by atoms with van der Waals surface area (Å²) in [5.41, 5.74) is 6.91. The van der Waals surface area contributed by atoms with Crippen molar-refractivity contribution in [3.05, 3.63) is 56.7 Å². The smallest absolute Gasteiger partial charge is 0.326 e. The fraction of sp³-hybridized carbons (Fsp3) is 0.231. The summed E-state index contributed by atoms with van der Waals surface area (Å²) in [6.45, 7) is 0. The molecule has 0 saturated carbocycles. The third kappa shape index (κ3) is 3.10. The van der Waals surface area contributed by atoms with Crippen molar-refractivity contribution >= 4 is 17.5 Å². The molecule has 0 aliphatic heterocycles. The van der Waals surface area contributed by atoms with Crippen molar-refractivity contribution in [1.82, 2.24) is 4.37 Å². The van der Waals surface area contributed by atoms with Crippen LogP contribution in [0.2, 0.25) is 0 Å². The maximum absolute atomic E-state index is 11.7. The van der Waals surface area contributed by atoms with E-state index in [0.717, 1.165) is 17.1 Å². The van der Waals surface area contributed by atoms with Crippen molar-refractivity contribution in [2.45, 2.75) is 18.9 Å². The van der Waals surface area contributed by atoms with Gasteiger partial charge in [0.25, 0.3) is 5.56 Å². The van der Waals surface area contributed by atoms with E-state index in [0.29, 0.717) is 23.3 Å². The van der Waals surface area contributed by atoms with Gasteiger partial charge in [-0.2, -0.15) is 0 Å². The van der Waals surface area contributed by atoms with Crippen LogP contribution in [0.3, 0.4) is 0 Å². The lowest BCUT2D eigenvalue weighted by atomic mass is 10.0. The van der Waals surface area contributed by atoms with Crippen LogP contribution >= 0.6 is 11.5 Å². The standard InChI is InChI=1S/C13H14N2O3S/c14-10(13(17)18)11-9(12(16)15-19-11)7-6-8-4-2-1-3-5-8/h1-5,10H,6-7,14H2,(H,15,16)(H,17,18). The van der Waals surface area contributed by atoms with Crippen molar-refractivity contribution in [3.8, 4) is 0 Å². The van der Waals surface area contributed by atoms with Crippen LogP contribution < -0.4 is 11.3 Å². The number of carboxylic acids is 1. The summed E-state index contributed by atoms with van der Waals surface area (Å²) in [5.74, 6) is -1.13. The number of nitrogens with one attached hydrogen (secondary N) is 1. The van der Waals surface area contributed by atoms with Crippen LogP contribution in [0.5, 0.6) is 0 Å². The minimum Gasteiger partial charge on any atom is -0.480 e. The van der Waals surface area contributed by atoms with Crippen LogP contribution in [0.15, 0.2) is 35.1 Å². The summed E-state index contributed by atoms with van der Waals surface area (Å²) in [4.78, 5) is 23.0. The van der Waals surface area contributed by atoms with Crippen LogP contribution in [-0.4, -0.2) is 15.4 Å². The minimum absolute atomic E-state index is 0.243. The van der Waals surface area contributed by atoms with Gasteiger partial charge in [-0.1, -0.05) is 41.9 Å². The molecule has 1 atom stereocenters. The molecule has 0 bridgehead atoms. The first-order valence-corrected chi connectivity index (χ1v) is 6.64. The third-order valence-electron chi connectivity index (χ3n) is 2.88. The highest BCUT2D eigenvalue weighted by Crippen LogP contribution is 2.19.